The zero-order valence-electron chi connectivity index (χ0n) is 13.0. The molecule has 1 aliphatic rings. The van der Waals surface area contributed by atoms with Crippen LogP contribution in [-0.2, 0) is 6.42 Å². The van der Waals surface area contributed by atoms with Crippen molar-refractivity contribution in [2.45, 2.75) is 32.2 Å². The topological polar surface area (TPSA) is 33.2 Å². The Morgan fingerprint density at radius 2 is 2.13 bits per heavy atom. The van der Waals surface area contributed by atoms with Gasteiger partial charge in [-0.1, -0.05) is 19.1 Å². The Kier molecular flexibility index (Phi) is 3.91. The molecule has 1 aromatic carbocycles. The molecule has 1 unspecified atom stereocenters. The zero-order valence-corrected chi connectivity index (χ0v) is 14.6. The van der Waals surface area contributed by atoms with Crippen LogP contribution >= 0.6 is 22.7 Å². The number of aryl methyl sites for hydroxylation is 1. The highest BCUT2D eigenvalue weighted by molar-refractivity contribution is 7.18. The van der Waals surface area contributed by atoms with Gasteiger partial charge in [0.25, 0.3) is 5.91 Å². The summed E-state index contributed by atoms with van der Waals surface area (Å²) in [6.07, 6.45) is 3.05. The molecule has 1 amide bonds. The molecule has 1 atom stereocenters. The van der Waals surface area contributed by atoms with Crippen molar-refractivity contribution in [2.75, 3.05) is 6.54 Å². The minimum Gasteiger partial charge on any atom is -0.328 e. The number of nitrogens with zero attached hydrogens (tertiary/aromatic N) is 2. The molecular formula is C18H18N2OS2. The molecule has 1 aliphatic heterocycles. The first kappa shape index (κ1) is 14.8. The van der Waals surface area contributed by atoms with Crippen LogP contribution in [0.5, 0.6) is 0 Å². The van der Waals surface area contributed by atoms with Crippen LogP contribution in [0.25, 0.3) is 10.2 Å². The molecule has 0 spiro atoms. The lowest BCUT2D eigenvalue weighted by atomic mass is 10.2. The minimum atomic E-state index is 0.132. The van der Waals surface area contributed by atoms with Crippen LogP contribution in [0.3, 0.4) is 0 Å². The lowest BCUT2D eigenvalue weighted by Crippen LogP contribution is -2.29. The average Bonchev–Trinajstić information content (AvgIpc) is 3.30. The lowest BCUT2D eigenvalue weighted by Gasteiger charge is -2.22. The molecule has 0 radical (unpaired) electrons. The van der Waals surface area contributed by atoms with Crippen molar-refractivity contribution in [1.29, 1.82) is 0 Å². The first-order chi connectivity index (χ1) is 11.3. The second kappa shape index (κ2) is 6.06. The predicted octanol–water partition coefficient (Wildman–Crippen LogP) is 4.90. The predicted molar refractivity (Wildman–Crippen MR) is 96.3 cm³/mol. The maximum absolute atomic E-state index is 12.9. The molecule has 23 heavy (non-hydrogen) atoms. The third kappa shape index (κ3) is 2.68. The van der Waals surface area contributed by atoms with Crippen molar-refractivity contribution in [1.82, 2.24) is 9.88 Å². The van der Waals surface area contributed by atoms with Crippen LogP contribution in [0, 0.1) is 0 Å². The summed E-state index contributed by atoms with van der Waals surface area (Å²) in [5.74, 6) is 0.163. The van der Waals surface area contributed by atoms with E-state index in [2.05, 4.69) is 19.1 Å². The van der Waals surface area contributed by atoms with Gasteiger partial charge in [0.1, 0.15) is 5.01 Å². The van der Waals surface area contributed by atoms with Gasteiger partial charge in [0.05, 0.1) is 21.1 Å². The van der Waals surface area contributed by atoms with Crippen LogP contribution in [-0.4, -0.2) is 22.3 Å². The first-order valence-corrected chi connectivity index (χ1v) is 9.64. The molecule has 0 N–H and O–H groups in total. The summed E-state index contributed by atoms with van der Waals surface area (Å²) < 4.78 is 1.20. The Bertz CT molecular complexity index is 818. The van der Waals surface area contributed by atoms with Crippen molar-refractivity contribution in [3.05, 3.63) is 51.2 Å². The number of thiazole rings is 1. The van der Waals surface area contributed by atoms with E-state index in [0.717, 1.165) is 41.2 Å². The number of hydrogen-bond donors (Lipinski definition) is 0. The van der Waals surface area contributed by atoms with Gasteiger partial charge in [0, 0.05) is 11.4 Å². The largest absolute Gasteiger partial charge is 0.328 e. The molecule has 1 fully saturated rings. The summed E-state index contributed by atoms with van der Waals surface area (Å²) in [5, 5.41) is 1.07. The van der Waals surface area contributed by atoms with Crippen molar-refractivity contribution in [2.24, 2.45) is 0 Å². The summed E-state index contributed by atoms with van der Waals surface area (Å²) in [4.78, 5) is 21.8. The van der Waals surface area contributed by atoms with E-state index in [-0.39, 0.29) is 11.9 Å². The quantitative estimate of drug-likeness (QED) is 0.678. The summed E-state index contributed by atoms with van der Waals surface area (Å²) >= 11 is 3.34. The standard InChI is InChI=1S/C18H18N2OS2/c1-2-12-9-10-16(22-12)18(21)20-11-5-7-14(20)17-19-13-6-3-4-8-15(13)23-17/h3-4,6,8-10,14H,2,5,7,11H2,1H3. The van der Waals surface area contributed by atoms with Gasteiger partial charge in [0.15, 0.2) is 0 Å². The number of amides is 1. The van der Waals surface area contributed by atoms with Gasteiger partial charge in [0.2, 0.25) is 0 Å². The van der Waals surface area contributed by atoms with Gasteiger partial charge in [-0.3, -0.25) is 4.79 Å². The van der Waals surface area contributed by atoms with Crippen molar-refractivity contribution in [3.8, 4) is 0 Å². The minimum absolute atomic E-state index is 0.132. The molecule has 3 heterocycles. The molecule has 3 nitrogen and oxygen atoms in total. The average molecular weight is 342 g/mol. The SMILES string of the molecule is CCc1ccc(C(=O)N2CCCC2c2nc3ccccc3s2)s1. The molecule has 0 saturated carbocycles. The number of thiophene rings is 1. The monoisotopic (exact) mass is 342 g/mol. The molecule has 0 bridgehead atoms. The third-order valence-corrected chi connectivity index (χ3v) is 6.69. The molecular weight excluding hydrogens is 324 g/mol. The van der Waals surface area contributed by atoms with E-state index >= 15 is 0 Å². The number of benzene rings is 1. The van der Waals surface area contributed by atoms with Crippen LogP contribution in [0.15, 0.2) is 36.4 Å². The lowest BCUT2D eigenvalue weighted by molar-refractivity contribution is 0.0740. The smallest absolute Gasteiger partial charge is 0.264 e. The van der Waals surface area contributed by atoms with Crippen LogP contribution in [0.1, 0.15) is 45.4 Å². The maximum Gasteiger partial charge on any atom is 0.264 e. The van der Waals surface area contributed by atoms with E-state index in [1.54, 1.807) is 22.7 Å². The molecule has 5 heteroatoms. The Hall–Kier alpha value is -1.72. The van der Waals surface area contributed by atoms with Crippen LogP contribution in [0.2, 0.25) is 0 Å². The summed E-state index contributed by atoms with van der Waals surface area (Å²) in [7, 11) is 0. The molecule has 3 aromatic rings. The van der Waals surface area contributed by atoms with E-state index in [1.165, 1.54) is 9.58 Å². The van der Waals surface area contributed by atoms with E-state index in [4.69, 9.17) is 4.98 Å². The number of aromatic nitrogens is 1. The highest BCUT2D eigenvalue weighted by Crippen LogP contribution is 2.37. The third-order valence-electron chi connectivity index (χ3n) is 4.33. The van der Waals surface area contributed by atoms with Crippen LogP contribution < -0.4 is 0 Å². The van der Waals surface area contributed by atoms with E-state index in [1.807, 2.05) is 29.2 Å². The Balaban J connectivity index is 1.64. The summed E-state index contributed by atoms with van der Waals surface area (Å²) in [5.41, 5.74) is 1.04. The number of hydrogen-bond acceptors (Lipinski definition) is 4. The number of rotatable bonds is 3. The van der Waals surface area contributed by atoms with Gasteiger partial charge in [-0.05, 0) is 43.5 Å². The van der Waals surface area contributed by atoms with Gasteiger partial charge < -0.3 is 4.90 Å². The zero-order chi connectivity index (χ0) is 15.8. The number of likely N-dealkylation sites (tertiary alicyclic amines) is 1. The number of carbonyl (C=O) groups excluding carboxylic acids is 1. The Labute approximate surface area is 143 Å². The fourth-order valence-electron chi connectivity index (χ4n) is 3.12. The fourth-order valence-corrected chi connectivity index (χ4v) is 5.14. The summed E-state index contributed by atoms with van der Waals surface area (Å²) in [6, 6.07) is 12.4. The Morgan fingerprint density at radius 1 is 1.26 bits per heavy atom. The molecule has 1 saturated heterocycles. The first-order valence-electron chi connectivity index (χ1n) is 8.01. The van der Waals surface area contributed by atoms with E-state index < -0.39 is 0 Å². The second-order valence-corrected chi connectivity index (χ2v) is 8.03. The number of para-hydroxylation sites is 1. The van der Waals surface area contributed by atoms with Gasteiger partial charge >= 0.3 is 0 Å². The highest BCUT2D eigenvalue weighted by atomic mass is 32.1. The molecule has 4 rings (SSSR count). The second-order valence-electron chi connectivity index (χ2n) is 5.80. The number of fused-ring (bicyclic) bond motifs is 1. The normalized spacial score (nSPS) is 18.0. The molecule has 2 aromatic heterocycles. The highest BCUT2D eigenvalue weighted by Gasteiger charge is 2.33. The van der Waals surface area contributed by atoms with Gasteiger partial charge in [-0.25, -0.2) is 4.98 Å². The van der Waals surface area contributed by atoms with Crippen molar-refractivity contribution in [3.63, 3.8) is 0 Å². The van der Waals surface area contributed by atoms with Gasteiger partial charge in [-0.2, -0.15) is 0 Å². The fraction of sp³-hybridized carbons (Fsp3) is 0.333. The van der Waals surface area contributed by atoms with Crippen molar-refractivity contribution < 1.29 is 4.79 Å². The molecule has 118 valence electrons. The van der Waals surface area contributed by atoms with Gasteiger partial charge in [-0.15, -0.1) is 22.7 Å². The van der Waals surface area contributed by atoms with Crippen LogP contribution in [0.4, 0.5) is 0 Å². The van der Waals surface area contributed by atoms with E-state index in [0.29, 0.717) is 0 Å². The number of carbonyl (C=O) groups is 1. The maximum atomic E-state index is 12.9. The summed E-state index contributed by atoms with van der Waals surface area (Å²) in [6.45, 7) is 2.96. The van der Waals surface area contributed by atoms with Crippen molar-refractivity contribution >= 4 is 38.8 Å². The van der Waals surface area contributed by atoms with E-state index in [9.17, 15) is 4.79 Å². The Morgan fingerprint density at radius 3 is 2.91 bits per heavy atom. The molecule has 0 aliphatic carbocycles.